The van der Waals surface area contributed by atoms with Crippen molar-refractivity contribution in [3.63, 3.8) is 0 Å². The molecule has 0 saturated heterocycles. The van der Waals surface area contributed by atoms with Crippen LogP contribution in [0.25, 0.3) is 0 Å². The quantitative estimate of drug-likeness (QED) is 0.833. The van der Waals surface area contributed by atoms with Gasteiger partial charge in [0.05, 0.1) is 0 Å². The maximum atomic E-state index is 11.6. The number of rotatable bonds is 3. The maximum Gasteiger partial charge on any atom is 0.250 e. The van der Waals surface area contributed by atoms with Gasteiger partial charge >= 0.3 is 0 Å². The van der Waals surface area contributed by atoms with Gasteiger partial charge in [-0.05, 0) is 36.3 Å². The molecule has 0 bridgehead atoms. The Morgan fingerprint density at radius 1 is 1.26 bits per heavy atom. The molecule has 0 aromatic heterocycles. The first-order chi connectivity index (χ1) is 8.34. The summed E-state index contributed by atoms with van der Waals surface area (Å²) >= 11 is 3.32. The summed E-state index contributed by atoms with van der Waals surface area (Å²) in [6.07, 6.45) is 0. The molecule has 1 rings (SSSR count). The number of primary sulfonamides is 1. The van der Waals surface area contributed by atoms with Crippen LogP contribution < -0.4 is 9.56 Å². The summed E-state index contributed by atoms with van der Waals surface area (Å²) in [5.41, 5.74) is 0. The fourth-order valence-electron chi connectivity index (χ4n) is 1.22. The van der Waals surface area contributed by atoms with Crippen LogP contribution in [0.1, 0.15) is 20.8 Å². The average molecular weight is 366 g/mol. The number of sulfonamides is 1. The lowest BCUT2D eigenvalue weighted by molar-refractivity contribution is 0.479. The molecule has 19 heavy (non-hydrogen) atoms. The zero-order chi connectivity index (χ0) is 15.1. The molecule has 0 heterocycles. The van der Waals surface area contributed by atoms with E-state index >= 15 is 0 Å². The van der Waals surface area contributed by atoms with Gasteiger partial charge in [-0.25, -0.2) is 13.6 Å². The molecule has 0 aliphatic carbocycles. The number of hydrogen-bond acceptors (Lipinski definition) is 3. The molecule has 4 nitrogen and oxygen atoms in total. The van der Waals surface area contributed by atoms with Crippen LogP contribution >= 0.6 is 15.9 Å². The molecule has 1 aromatic carbocycles. The molecule has 0 atom stereocenters. The van der Waals surface area contributed by atoms with E-state index in [0.717, 1.165) is 4.47 Å². The van der Waals surface area contributed by atoms with E-state index in [0.29, 0.717) is 5.75 Å². The lowest BCUT2D eigenvalue weighted by atomic mass is 10.2. The Kier molecular flexibility index (Phi) is 4.56. The summed E-state index contributed by atoms with van der Waals surface area (Å²) in [5, 5.41) is 5.21. The van der Waals surface area contributed by atoms with Gasteiger partial charge in [-0.15, -0.1) is 0 Å². The number of benzene rings is 1. The first kappa shape index (κ1) is 16.7. The summed E-state index contributed by atoms with van der Waals surface area (Å²) in [7, 11) is -5.91. The third-order valence-electron chi connectivity index (χ3n) is 3.38. The summed E-state index contributed by atoms with van der Waals surface area (Å²) < 4.78 is 30.0. The Morgan fingerprint density at radius 3 is 2.21 bits per heavy atom. The monoisotopic (exact) mass is 365 g/mol. The SMILES string of the molecule is CC(C)(C)[Si](C)(C)Oc1cc(Br)ccc1S(N)(=O)=O. The van der Waals surface area contributed by atoms with Gasteiger partial charge in [0.2, 0.25) is 10.0 Å². The van der Waals surface area contributed by atoms with Crippen molar-refractivity contribution in [1.82, 2.24) is 0 Å². The predicted molar refractivity (Wildman–Crippen MR) is 83.3 cm³/mol. The normalized spacial score (nSPS) is 13.4. The molecule has 0 saturated carbocycles. The fraction of sp³-hybridized carbons (Fsp3) is 0.500. The molecule has 2 N–H and O–H groups in total. The van der Waals surface area contributed by atoms with E-state index in [1.165, 1.54) is 6.07 Å². The average Bonchev–Trinajstić information content (AvgIpc) is 2.12. The van der Waals surface area contributed by atoms with Crippen LogP contribution in [0.4, 0.5) is 0 Å². The van der Waals surface area contributed by atoms with Crippen LogP contribution in [-0.2, 0) is 10.0 Å². The van der Waals surface area contributed by atoms with Crippen molar-refractivity contribution >= 4 is 34.3 Å². The smallest absolute Gasteiger partial charge is 0.250 e. The van der Waals surface area contributed by atoms with Crippen LogP contribution in [0.3, 0.4) is 0 Å². The fourth-order valence-corrected chi connectivity index (χ4v) is 3.30. The zero-order valence-corrected chi connectivity index (χ0v) is 15.2. The van der Waals surface area contributed by atoms with E-state index in [9.17, 15) is 8.42 Å². The Labute approximate surface area is 124 Å². The summed E-state index contributed by atoms with van der Waals surface area (Å²) in [4.78, 5) is 0.0283. The molecule has 0 unspecified atom stereocenters. The number of halogens is 1. The molecule has 108 valence electrons. The Bertz CT molecular complexity index is 579. The lowest BCUT2D eigenvalue weighted by Gasteiger charge is -2.36. The first-order valence-electron chi connectivity index (χ1n) is 5.86. The lowest BCUT2D eigenvalue weighted by Crippen LogP contribution is -2.44. The third kappa shape index (κ3) is 4.04. The van der Waals surface area contributed by atoms with Gasteiger partial charge in [-0.1, -0.05) is 36.7 Å². The Hall–Kier alpha value is -0.373. The molecule has 0 aliphatic rings. The number of hydrogen-bond donors (Lipinski definition) is 1. The van der Waals surface area contributed by atoms with Gasteiger partial charge in [-0.3, -0.25) is 0 Å². The largest absolute Gasteiger partial charge is 0.543 e. The van der Waals surface area contributed by atoms with Crippen molar-refractivity contribution in [1.29, 1.82) is 0 Å². The summed E-state index contributed by atoms with van der Waals surface area (Å²) in [6.45, 7) is 10.4. The van der Waals surface area contributed by atoms with Gasteiger partial charge in [0.1, 0.15) is 10.6 Å². The molecule has 0 spiro atoms. The Morgan fingerprint density at radius 2 is 1.79 bits per heavy atom. The number of nitrogens with two attached hydrogens (primary N) is 1. The zero-order valence-electron chi connectivity index (χ0n) is 11.8. The van der Waals surface area contributed by atoms with E-state index in [2.05, 4.69) is 49.8 Å². The molecule has 0 aliphatic heterocycles. The van der Waals surface area contributed by atoms with E-state index in [1.807, 2.05) is 0 Å². The van der Waals surface area contributed by atoms with Crippen molar-refractivity contribution in [2.45, 2.75) is 43.8 Å². The van der Waals surface area contributed by atoms with E-state index in [1.54, 1.807) is 12.1 Å². The van der Waals surface area contributed by atoms with Crippen molar-refractivity contribution in [3.8, 4) is 5.75 Å². The second-order valence-corrected chi connectivity index (χ2v) is 13.2. The molecule has 1 aromatic rings. The minimum atomic E-state index is -3.79. The van der Waals surface area contributed by atoms with Crippen molar-refractivity contribution in [2.24, 2.45) is 5.14 Å². The standard InChI is InChI=1S/C12H20BrNO3SSi/c1-12(2,3)19(4,5)17-10-8-9(13)6-7-11(10)18(14,15)16/h6-8H,1-5H3,(H2,14,15,16). The van der Waals surface area contributed by atoms with Crippen LogP contribution in [0, 0.1) is 0 Å². The molecular weight excluding hydrogens is 346 g/mol. The second kappa shape index (κ2) is 5.20. The van der Waals surface area contributed by atoms with Gasteiger partial charge in [0.25, 0.3) is 8.32 Å². The Balaban J connectivity index is 3.32. The second-order valence-electron chi connectivity index (χ2n) is 6.00. The minimum Gasteiger partial charge on any atom is -0.543 e. The minimum absolute atomic E-state index is 0.0229. The molecular formula is C12H20BrNO3SSi. The maximum absolute atomic E-state index is 11.6. The third-order valence-corrected chi connectivity index (χ3v) is 9.17. The summed E-state index contributed by atoms with van der Waals surface area (Å²) in [5.74, 6) is 0.323. The van der Waals surface area contributed by atoms with Crippen molar-refractivity contribution < 1.29 is 12.8 Å². The highest BCUT2D eigenvalue weighted by molar-refractivity contribution is 9.10. The highest BCUT2D eigenvalue weighted by Crippen LogP contribution is 2.39. The van der Waals surface area contributed by atoms with Crippen LogP contribution in [0.5, 0.6) is 5.75 Å². The van der Waals surface area contributed by atoms with Crippen LogP contribution in [-0.4, -0.2) is 16.7 Å². The van der Waals surface area contributed by atoms with Gasteiger partial charge in [-0.2, -0.15) is 0 Å². The van der Waals surface area contributed by atoms with Gasteiger partial charge < -0.3 is 4.43 Å². The highest BCUT2D eigenvalue weighted by atomic mass is 79.9. The van der Waals surface area contributed by atoms with Crippen molar-refractivity contribution in [2.75, 3.05) is 0 Å². The predicted octanol–water partition coefficient (Wildman–Crippen LogP) is 3.48. The van der Waals surface area contributed by atoms with E-state index < -0.39 is 18.3 Å². The molecule has 0 amide bonds. The highest BCUT2D eigenvalue weighted by Gasteiger charge is 2.39. The van der Waals surface area contributed by atoms with Crippen LogP contribution in [0.2, 0.25) is 18.1 Å². The van der Waals surface area contributed by atoms with Crippen molar-refractivity contribution in [3.05, 3.63) is 22.7 Å². The van der Waals surface area contributed by atoms with Crippen LogP contribution in [0.15, 0.2) is 27.6 Å². The van der Waals surface area contributed by atoms with E-state index in [-0.39, 0.29) is 9.93 Å². The molecule has 0 radical (unpaired) electrons. The summed E-state index contributed by atoms with van der Waals surface area (Å²) in [6, 6.07) is 4.75. The van der Waals surface area contributed by atoms with Gasteiger partial charge in [0.15, 0.2) is 0 Å². The van der Waals surface area contributed by atoms with E-state index in [4.69, 9.17) is 9.56 Å². The topological polar surface area (TPSA) is 69.4 Å². The molecule has 0 fully saturated rings. The van der Waals surface area contributed by atoms with Gasteiger partial charge in [0, 0.05) is 4.47 Å². The molecule has 7 heteroatoms. The first-order valence-corrected chi connectivity index (χ1v) is 11.1.